The van der Waals surface area contributed by atoms with Crippen molar-refractivity contribution in [2.24, 2.45) is 5.92 Å². The highest BCUT2D eigenvalue weighted by molar-refractivity contribution is 5.27. The minimum Gasteiger partial charge on any atom is -0.491 e. The van der Waals surface area contributed by atoms with E-state index in [1.165, 1.54) is 37.7 Å². The van der Waals surface area contributed by atoms with Crippen LogP contribution in [-0.4, -0.2) is 12.1 Å². The normalized spacial score (nSPS) is 23.6. The van der Waals surface area contributed by atoms with Gasteiger partial charge in [0.2, 0.25) is 0 Å². The van der Waals surface area contributed by atoms with Crippen LogP contribution >= 0.6 is 0 Å². The van der Waals surface area contributed by atoms with Gasteiger partial charge in [-0.05, 0) is 50.3 Å². The van der Waals surface area contributed by atoms with Crippen molar-refractivity contribution < 1.29 is 4.74 Å². The minimum atomic E-state index is 0.241. The van der Waals surface area contributed by atoms with Crippen LogP contribution in [0, 0.1) is 5.92 Å². The Morgan fingerprint density at radius 3 is 2.50 bits per heavy atom. The lowest BCUT2D eigenvalue weighted by Crippen LogP contribution is -2.33. The van der Waals surface area contributed by atoms with Gasteiger partial charge in [0, 0.05) is 12.6 Å². The predicted molar refractivity (Wildman–Crippen MR) is 85.1 cm³/mol. The SMILES string of the molecule is CC(C)Oc1ccc(CNC2CCCCCC2C)cc1. The molecule has 0 spiro atoms. The van der Waals surface area contributed by atoms with E-state index in [9.17, 15) is 0 Å². The molecule has 2 unspecified atom stereocenters. The Morgan fingerprint density at radius 1 is 1.10 bits per heavy atom. The fraction of sp³-hybridized carbons (Fsp3) is 0.667. The molecule has 1 N–H and O–H groups in total. The Bertz CT molecular complexity index is 385. The van der Waals surface area contributed by atoms with E-state index in [0.29, 0.717) is 6.04 Å². The minimum absolute atomic E-state index is 0.241. The van der Waals surface area contributed by atoms with Gasteiger partial charge in [0.25, 0.3) is 0 Å². The van der Waals surface area contributed by atoms with Gasteiger partial charge in [-0.25, -0.2) is 0 Å². The number of hydrogen-bond acceptors (Lipinski definition) is 2. The van der Waals surface area contributed by atoms with E-state index in [1.54, 1.807) is 0 Å². The van der Waals surface area contributed by atoms with E-state index in [2.05, 4.69) is 50.4 Å². The molecule has 0 aromatic heterocycles. The standard InChI is InChI=1S/C18H29NO/c1-14(2)20-17-11-9-16(10-12-17)13-19-18-8-6-4-5-7-15(18)3/h9-12,14-15,18-19H,4-8,13H2,1-3H3. The van der Waals surface area contributed by atoms with E-state index in [0.717, 1.165) is 18.2 Å². The number of nitrogens with one attached hydrogen (secondary N) is 1. The van der Waals surface area contributed by atoms with Crippen LogP contribution < -0.4 is 10.1 Å². The van der Waals surface area contributed by atoms with Crippen molar-refractivity contribution in [3.8, 4) is 5.75 Å². The van der Waals surface area contributed by atoms with E-state index in [1.807, 2.05) is 0 Å². The van der Waals surface area contributed by atoms with Crippen molar-refractivity contribution >= 4 is 0 Å². The quantitative estimate of drug-likeness (QED) is 0.797. The van der Waals surface area contributed by atoms with Crippen LogP contribution in [0.3, 0.4) is 0 Å². The smallest absolute Gasteiger partial charge is 0.119 e. The highest BCUT2D eigenvalue weighted by atomic mass is 16.5. The van der Waals surface area contributed by atoms with Gasteiger partial charge in [0.15, 0.2) is 0 Å². The van der Waals surface area contributed by atoms with Gasteiger partial charge < -0.3 is 10.1 Å². The average Bonchev–Trinajstić information content (AvgIpc) is 2.62. The third-order valence-corrected chi connectivity index (χ3v) is 4.22. The van der Waals surface area contributed by atoms with Gasteiger partial charge in [0.05, 0.1) is 6.10 Å². The maximum Gasteiger partial charge on any atom is 0.119 e. The van der Waals surface area contributed by atoms with Crippen molar-refractivity contribution in [3.63, 3.8) is 0 Å². The van der Waals surface area contributed by atoms with Gasteiger partial charge in [-0.1, -0.05) is 38.3 Å². The number of hydrogen-bond donors (Lipinski definition) is 1. The summed E-state index contributed by atoms with van der Waals surface area (Å²) in [7, 11) is 0. The number of rotatable bonds is 5. The molecule has 1 aliphatic carbocycles. The molecule has 1 aliphatic rings. The second-order valence-electron chi connectivity index (χ2n) is 6.41. The molecule has 0 amide bonds. The Hall–Kier alpha value is -1.02. The van der Waals surface area contributed by atoms with Crippen LogP contribution in [-0.2, 0) is 6.54 Å². The highest BCUT2D eigenvalue weighted by Gasteiger charge is 2.18. The van der Waals surface area contributed by atoms with Crippen molar-refractivity contribution in [2.75, 3.05) is 0 Å². The largest absolute Gasteiger partial charge is 0.491 e. The first-order chi connectivity index (χ1) is 9.65. The van der Waals surface area contributed by atoms with E-state index >= 15 is 0 Å². The maximum atomic E-state index is 5.68. The lowest BCUT2D eigenvalue weighted by atomic mass is 9.97. The number of ether oxygens (including phenoxy) is 1. The Balaban J connectivity index is 1.83. The van der Waals surface area contributed by atoms with Gasteiger partial charge in [-0.3, -0.25) is 0 Å². The summed E-state index contributed by atoms with van der Waals surface area (Å²) in [6.07, 6.45) is 7.13. The van der Waals surface area contributed by atoms with Gasteiger partial charge in [-0.15, -0.1) is 0 Å². The summed E-state index contributed by atoms with van der Waals surface area (Å²) >= 11 is 0. The summed E-state index contributed by atoms with van der Waals surface area (Å²) < 4.78 is 5.68. The molecule has 1 fully saturated rings. The summed E-state index contributed by atoms with van der Waals surface area (Å²) in [5.74, 6) is 1.77. The number of benzene rings is 1. The second-order valence-corrected chi connectivity index (χ2v) is 6.41. The first-order valence-electron chi connectivity index (χ1n) is 8.14. The molecule has 2 nitrogen and oxygen atoms in total. The van der Waals surface area contributed by atoms with Crippen LogP contribution in [0.25, 0.3) is 0 Å². The van der Waals surface area contributed by atoms with Gasteiger partial charge in [-0.2, -0.15) is 0 Å². The van der Waals surface area contributed by atoms with Gasteiger partial charge >= 0.3 is 0 Å². The fourth-order valence-corrected chi connectivity index (χ4v) is 3.00. The summed E-state index contributed by atoms with van der Waals surface area (Å²) in [5.41, 5.74) is 1.34. The zero-order valence-corrected chi connectivity index (χ0v) is 13.2. The van der Waals surface area contributed by atoms with E-state index in [4.69, 9.17) is 4.74 Å². The van der Waals surface area contributed by atoms with Crippen molar-refractivity contribution in [1.82, 2.24) is 5.32 Å². The Labute approximate surface area is 123 Å². The third kappa shape index (κ3) is 4.82. The highest BCUT2D eigenvalue weighted by Crippen LogP contribution is 2.23. The molecule has 0 radical (unpaired) electrons. The van der Waals surface area contributed by atoms with Crippen molar-refractivity contribution in [3.05, 3.63) is 29.8 Å². The maximum absolute atomic E-state index is 5.68. The van der Waals surface area contributed by atoms with Crippen molar-refractivity contribution in [1.29, 1.82) is 0 Å². The molecule has 2 heteroatoms. The van der Waals surface area contributed by atoms with Crippen molar-refractivity contribution in [2.45, 2.75) is 71.6 Å². The molecule has 0 heterocycles. The topological polar surface area (TPSA) is 21.3 Å². The zero-order chi connectivity index (χ0) is 14.4. The molecule has 1 saturated carbocycles. The molecule has 1 aromatic carbocycles. The predicted octanol–water partition coefficient (Wildman–Crippen LogP) is 4.53. The molecule has 0 saturated heterocycles. The van der Waals surface area contributed by atoms with Crippen LogP contribution in [0.2, 0.25) is 0 Å². The Kier molecular flexibility index (Phi) is 5.90. The average molecular weight is 275 g/mol. The lowest BCUT2D eigenvalue weighted by molar-refractivity contribution is 0.242. The summed E-state index contributed by atoms with van der Waals surface area (Å²) in [6.45, 7) is 7.48. The van der Waals surface area contributed by atoms with Crippen LogP contribution in [0.15, 0.2) is 24.3 Å². The molecule has 112 valence electrons. The monoisotopic (exact) mass is 275 g/mol. The summed E-state index contributed by atoms with van der Waals surface area (Å²) in [5, 5.41) is 3.75. The fourth-order valence-electron chi connectivity index (χ4n) is 3.00. The molecule has 2 atom stereocenters. The van der Waals surface area contributed by atoms with Crippen LogP contribution in [0.1, 0.15) is 58.4 Å². The first kappa shape index (κ1) is 15.4. The zero-order valence-electron chi connectivity index (χ0n) is 13.2. The second kappa shape index (κ2) is 7.68. The van der Waals surface area contributed by atoms with Gasteiger partial charge in [0.1, 0.15) is 5.75 Å². The molecule has 0 bridgehead atoms. The van der Waals surface area contributed by atoms with E-state index in [-0.39, 0.29) is 6.10 Å². The lowest BCUT2D eigenvalue weighted by Gasteiger charge is -2.23. The summed E-state index contributed by atoms with van der Waals surface area (Å²) in [6, 6.07) is 9.18. The molecular formula is C18H29NO. The molecule has 20 heavy (non-hydrogen) atoms. The van der Waals surface area contributed by atoms with E-state index < -0.39 is 0 Å². The molecule has 2 rings (SSSR count). The third-order valence-electron chi connectivity index (χ3n) is 4.22. The molecular weight excluding hydrogens is 246 g/mol. The Morgan fingerprint density at radius 2 is 1.80 bits per heavy atom. The van der Waals surface area contributed by atoms with Crippen LogP contribution in [0.5, 0.6) is 5.75 Å². The summed E-state index contributed by atoms with van der Waals surface area (Å²) in [4.78, 5) is 0. The first-order valence-corrected chi connectivity index (χ1v) is 8.14. The van der Waals surface area contributed by atoms with Crippen LogP contribution in [0.4, 0.5) is 0 Å². The molecule has 1 aromatic rings. The molecule has 0 aliphatic heterocycles.